The van der Waals surface area contributed by atoms with Crippen LogP contribution in [0.3, 0.4) is 0 Å². The minimum atomic E-state index is 0.469. The Balaban J connectivity index is 1.68. The van der Waals surface area contributed by atoms with Crippen molar-refractivity contribution in [3.05, 3.63) is 85.4 Å². The highest BCUT2D eigenvalue weighted by molar-refractivity contribution is 14.1. The summed E-state index contributed by atoms with van der Waals surface area (Å²) in [6.07, 6.45) is 1.78. The van der Waals surface area contributed by atoms with Gasteiger partial charge in [-0.1, -0.05) is 46.3 Å². The second kappa shape index (κ2) is 12.0. The Morgan fingerprint density at radius 2 is 1.81 bits per heavy atom. The lowest BCUT2D eigenvalue weighted by atomic mass is 10.2. The molecule has 31 heavy (non-hydrogen) atoms. The van der Waals surface area contributed by atoms with Gasteiger partial charge in [0.2, 0.25) is 0 Å². The summed E-state index contributed by atoms with van der Waals surface area (Å²) >= 11 is 5.72. The first-order valence-electron chi connectivity index (χ1n) is 9.82. The topological polar surface area (TPSA) is 52.1 Å². The lowest BCUT2D eigenvalue weighted by Crippen LogP contribution is -2.07. The maximum absolute atomic E-state index is 6.09. The number of halogens is 2. The van der Waals surface area contributed by atoms with Gasteiger partial charge in [-0.15, -0.1) is 0 Å². The van der Waals surface area contributed by atoms with E-state index in [9.17, 15) is 0 Å². The Morgan fingerprint density at radius 1 is 1.03 bits per heavy atom. The van der Waals surface area contributed by atoms with Crippen LogP contribution in [0.25, 0.3) is 0 Å². The van der Waals surface area contributed by atoms with Crippen LogP contribution in [0, 0.1) is 3.57 Å². The van der Waals surface area contributed by atoms with Gasteiger partial charge in [-0.2, -0.15) is 5.10 Å². The third-order valence-corrected chi connectivity index (χ3v) is 5.73. The van der Waals surface area contributed by atoms with Crippen LogP contribution in [0.4, 0.5) is 0 Å². The van der Waals surface area contributed by atoms with Gasteiger partial charge in [0.15, 0.2) is 11.5 Å². The quantitative estimate of drug-likeness (QED) is 0.173. The maximum atomic E-state index is 6.09. The van der Waals surface area contributed by atoms with Crippen LogP contribution in [0.5, 0.6) is 17.2 Å². The number of para-hydroxylation sites is 1. The van der Waals surface area contributed by atoms with E-state index >= 15 is 0 Å². The molecule has 0 radical (unpaired) electrons. The fourth-order valence-electron chi connectivity index (χ4n) is 2.90. The Morgan fingerprint density at radius 3 is 2.55 bits per heavy atom. The predicted octanol–water partition coefficient (Wildman–Crippen LogP) is 6.16. The first kappa shape index (κ1) is 23.4. The summed E-state index contributed by atoms with van der Waals surface area (Å²) in [6.45, 7) is 3.56. The van der Waals surface area contributed by atoms with E-state index in [1.165, 1.54) is 0 Å². The third-order valence-electron chi connectivity index (χ3n) is 4.40. The van der Waals surface area contributed by atoms with E-state index in [0.29, 0.717) is 25.5 Å². The highest BCUT2D eigenvalue weighted by atomic mass is 127. The van der Waals surface area contributed by atoms with Crippen LogP contribution in [-0.4, -0.2) is 19.9 Å². The lowest BCUT2D eigenvalue weighted by Gasteiger charge is -2.15. The smallest absolute Gasteiger partial charge is 0.175 e. The van der Waals surface area contributed by atoms with Crippen LogP contribution in [-0.2, 0) is 13.2 Å². The molecule has 0 spiro atoms. The van der Waals surface area contributed by atoms with Gasteiger partial charge in [-0.3, -0.25) is 0 Å². The Kier molecular flexibility index (Phi) is 9.02. The number of methoxy groups -OCH3 is 1. The van der Waals surface area contributed by atoms with Gasteiger partial charge >= 0.3 is 0 Å². The average molecular weight is 595 g/mol. The summed E-state index contributed by atoms with van der Waals surface area (Å²) in [6, 6.07) is 19.9. The molecule has 5 nitrogen and oxygen atoms in total. The van der Waals surface area contributed by atoms with Crippen LogP contribution in [0.2, 0.25) is 0 Å². The monoisotopic (exact) mass is 594 g/mol. The molecule has 0 aliphatic heterocycles. The number of rotatable bonds is 10. The zero-order valence-electron chi connectivity index (χ0n) is 17.4. The molecule has 0 heterocycles. The van der Waals surface area contributed by atoms with Crippen molar-refractivity contribution in [3.8, 4) is 17.2 Å². The molecule has 3 aromatic rings. The lowest BCUT2D eigenvalue weighted by molar-refractivity contribution is 0.267. The van der Waals surface area contributed by atoms with Gasteiger partial charge in [0.1, 0.15) is 12.4 Å². The molecule has 0 aliphatic carbocycles. The van der Waals surface area contributed by atoms with Gasteiger partial charge in [0.05, 0.1) is 30.0 Å². The SMILES string of the molecule is CCOc1cc(/C=N\NCc2ccccc2OC)cc(I)c1OCc1ccc(Br)cc1. The zero-order valence-corrected chi connectivity index (χ0v) is 21.1. The van der Waals surface area contributed by atoms with E-state index in [1.807, 2.05) is 67.6 Å². The minimum absolute atomic E-state index is 0.469. The van der Waals surface area contributed by atoms with Crippen molar-refractivity contribution < 1.29 is 14.2 Å². The average Bonchev–Trinajstić information content (AvgIpc) is 2.78. The maximum Gasteiger partial charge on any atom is 0.175 e. The number of ether oxygens (including phenoxy) is 3. The molecule has 3 aromatic carbocycles. The Hall–Kier alpha value is -2.26. The van der Waals surface area contributed by atoms with E-state index in [-0.39, 0.29) is 0 Å². The van der Waals surface area contributed by atoms with Crippen molar-refractivity contribution in [2.75, 3.05) is 13.7 Å². The summed E-state index contributed by atoms with van der Waals surface area (Å²) in [5.74, 6) is 2.29. The zero-order chi connectivity index (χ0) is 22.1. The molecule has 3 rings (SSSR count). The minimum Gasteiger partial charge on any atom is -0.496 e. The molecule has 0 aromatic heterocycles. The normalized spacial score (nSPS) is 10.8. The number of hydrazone groups is 1. The molecule has 0 aliphatic rings. The summed E-state index contributed by atoms with van der Waals surface area (Å²) < 4.78 is 19.3. The van der Waals surface area contributed by atoms with E-state index in [2.05, 4.69) is 49.0 Å². The first-order valence-corrected chi connectivity index (χ1v) is 11.7. The molecule has 0 fully saturated rings. The second-order valence-corrected chi connectivity index (χ2v) is 8.66. The van der Waals surface area contributed by atoms with E-state index < -0.39 is 0 Å². The molecule has 0 atom stereocenters. The van der Waals surface area contributed by atoms with Gasteiger partial charge in [-0.05, 0) is 71.0 Å². The molecule has 0 saturated carbocycles. The number of hydrogen-bond donors (Lipinski definition) is 1. The number of benzene rings is 3. The largest absolute Gasteiger partial charge is 0.496 e. The highest BCUT2D eigenvalue weighted by Crippen LogP contribution is 2.34. The van der Waals surface area contributed by atoms with Crippen molar-refractivity contribution in [1.82, 2.24) is 5.43 Å². The van der Waals surface area contributed by atoms with Crippen molar-refractivity contribution in [2.45, 2.75) is 20.1 Å². The van der Waals surface area contributed by atoms with E-state index in [1.54, 1.807) is 13.3 Å². The van der Waals surface area contributed by atoms with E-state index in [4.69, 9.17) is 14.2 Å². The fourth-order valence-corrected chi connectivity index (χ4v) is 3.95. The van der Waals surface area contributed by atoms with Crippen LogP contribution >= 0.6 is 38.5 Å². The molecular weight excluding hydrogens is 571 g/mol. The van der Waals surface area contributed by atoms with Gasteiger partial charge in [0, 0.05) is 10.0 Å². The van der Waals surface area contributed by atoms with Crippen molar-refractivity contribution >= 4 is 44.7 Å². The highest BCUT2D eigenvalue weighted by Gasteiger charge is 2.12. The summed E-state index contributed by atoms with van der Waals surface area (Å²) in [5.41, 5.74) is 6.14. The molecule has 1 N–H and O–H groups in total. The Labute approximate surface area is 205 Å². The third kappa shape index (κ3) is 6.87. The van der Waals surface area contributed by atoms with Crippen molar-refractivity contribution in [2.24, 2.45) is 5.10 Å². The first-order chi connectivity index (χ1) is 15.1. The van der Waals surface area contributed by atoms with Gasteiger partial charge in [-0.25, -0.2) is 0 Å². The molecule has 162 valence electrons. The van der Waals surface area contributed by atoms with Crippen LogP contribution < -0.4 is 19.6 Å². The summed E-state index contributed by atoms with van der Waals surface area (Å²) in [5, 5.41) is 4.35. The Bertz CT molecular complexity index is 1030. The summed E-state index contributed by atoms with van der Waals surface area (Å²) in [4.78, 5) is 0. The standard InChI is InChI=1S/C24H24BrIN2O3/c1-3-30-23-13-18(14-27-28-15-19-6-4-5-7-22(19)29-2)12-21(26)24(23)31-16-17-8-10-20(25)11-9-17/h4-14,28H,3,15-16H2,1-2H3/b27-14-. The second-order valence-electron chi connectivity index (χ2n) is 6.58. The summed E-state index contributed by atoms with van der Waals surface area (Å²) in [7, 11) is 1.67. The molecule has 0 bridgehead atoms. The molecule has 0 unspecified atom stereocenters. The van der Waals surface area contributed by atoms with Crippen LogP contribution in [0.15, 0.2) is 70.2 Å². The number of nitrogens with one attached hydrogen (secondary N) is 1. The van der Waals surface area contributed by atoms with Crippen LogP contribution in [0.1, 0.15) is 23.6 Å². The van der Waals surface area contributed by atoms with Crippen molar-refractivity contribution in [1.29, 1.82) is 0 Å². The van der Waals surface area contributed by atoms with Crippen molar-refractivity contribution in [3.63, 3.8) is 0 Å². The molecular formula is C24H24BrIN2O3. The fraction of sp³-hybridized carbons (Fsp3) is 0.208. The number of hydrogen-bond acceptors (Lipinski definition) is 5. The van der Waals surface area contributed by atoms with Gasteiger partial charge < -0.3 is 19.6 Å². The predicted molar refractivity (Wildman–Crippen MR) is 136 cm³/mol. The molecule has 7 heteroatoms. The van der Waals surface area contributed by atoms with E-state index in [0.717, 1.165) is 36.2 Å². The number of nitrogens with zero attached hydrogens (tertiary/aromatic N) is 1. The molecule has 0 saturated heterocycles. The molecule has 0 amide bonds. The van der Waals surface area contributed by atoms with Gasteiger partial charge in [0.25, 0.3) is 0 Å².